The van der Waals surface area contributed by atoms with Gasteiger partial charge in [-0.3, -0.25) is 4.90 Å². The number of carbonyl (C=O) groups is 1. The van der Waals surface area contributed by atoms with E-state index in [9.17, 15) is 4.79 Å². The molecule has 2 aromatic carbocycles. The SMILES string of the molecule is COc1ccccc1C(CNCc1ccc(C(=O)O)cc1)N1CCCC1. The molecule has 26 heavy (non-hydrogen) atoms. The van der Waals surface area contributed by atoms with Crippen LogP contribution >= 0.6 is 0 Å². The van der Waals surface area contributed by atoms with E-state index in [0.29, 0.717) is 12.1 Å². The molecular formula is C21H26N2O3. The number of hydrogen-bond acceptors (Lipinski definition) is 4. The maximum Gasteiger partial charge on any atom is 0.335 e. The van der Waals surface area contributed by atoms with Crippen LogP contribution in [0.15, 0.2) is 48.5 Å². The zero-order valence-corrected chi connectivity index (χ0v) is 15.1. The lowest BCUT2D eigenvalue weighted by molar-refractivity contribution is 0.0697. The smallest absolute Gasteiger partial charge is 0.335 e. The molecule has 1 aliphatic rings. The average Bonchev–Trinajstić information content (AvgIpc) is 3.20. The van der Waals surface area contributed by atoms with Crippen molar-refractivity contribution in [1.82, 2.24) is 10.2 Å². The molecule has 138 valence electrons. The Morgan fingerprint density at radius 1 is 1.15 bits per heavy atom. The molecule has 2 N–H and O–H groups in total. The second kappa shape index (κ2) is 8.83. The van der Waals surface area contributed by atoms with Crippen molar-refractivity contribution in [3.63, 3.8) is 0 Å². The van der Waals surface area contributed by atoms with Gasteiger partial charge in [-0.2, -0.15) is 0 Å². The van der Waals surface area contributed by atoms with Crippen molar-refractivity contribution in [2.45, 2.75) is 25.4 Å². The van der Waals surface area contributed by atoms with Crippen LogP contribution in [0.3, 0.4) is 0 Å². The van der Waals surface area contributed by atoms with E-state index in [1.54, 1.807) is 19.2 Å². The van der Waals surface area contributed by atoms with Gasteiger partial charge in [0.05, 0.1) is 18.7 Å². The maximum absolute atomic E-state index is 10.9. The lowest BCUT2D eigenvalue weighted by atomic mass is 10.0. The minimum atomic E-state index is -0.894. The topological polar surface area (TPSA) is 61.8 Å². The van der Waals surface area contributed by atoms with Crippen LogP contribution in [0.25, 0.3) is 0 Å². The highest BCUT2D eigenvalue weighted by Crippen LogP contribution is 2.31. The van der Waals surface area contributed by atoms with Crippen molar-refractivity contribution in [2.24, 2.45) is 0 Å². The summed E-state index contributed by atoms with van der Waals surface area (Å²) in [4.78, 5) is 13.5. The summed E-state index contributed by atoms with van der Waals surface area (Å²) in [5, 5.41) is 12.5. The van der Waals surface area contributed by atoms with Gasteiger partial charge < -0.3 is 15.2 Å². The van der Waals surface area contributed by atoms with E-state index >= 15 is 0 Å². The summed E-state index contributed by atoms with van der Waals surface area (Å²) in [6.45, 7) is 3.75. The Labute approximate surface area is 154 Å². The minimum absolute atomic E-state index is 0.270. The molecule has 2 aromatic rings. The lowest BCUT2D eigenvalue weighted by Gasteiger charge is -2.29. The number of hydrogen-bond donors (Lipinski definition) is 2. The van der Waals surface area contributed by atoms with Gasteiger partial charge in [0.2, 0.25) is 0 Å². The third kappa shape index (κ3) is 4.42. The number of benzene rings is 2. The quantitative estimate of drug-likeness (QED) is 0.761. The first-order chi connectivity index (χ1) is 12.7. The first-order valence-electron chi connectivity index (χ1n) is 9.09. The van der Waals surface area contributed by atoms with Crippen LogP contribution in [0.1, 0.15) is 40.4 Å². The highest BCUT2D eigenvalue weighted by molar-refractivity contribution is 5.87. The molecular weight excluding hydrogens is 328 g/mol. The number of nitrogens with zero attached hydrogens (tertiary/aromatic N) is 1. The highest BCUT2D eigenvalue weighted by atomic mass is 16.5. The maximum atomic E-state index is 10.9. The number of rotatable bonds is 8. The van der Waals surface area contributed by atoms with Gasteiger partial charge in [0.15, 0.2) is 0 Å². The van der Waals surface area contributed by atoms with Crippen LogP contribution in [0.5, 0.6) is 5.75 Å². The Bertz CT molecular complexity index is 724. The first kappa shape index (κ1) is 18.4. The van der Waals surface area contributed by atoms with E-state index in [1.807, 2.05) is 24.3 Å². The molecule has 1 heterocycles. The number of methoxy groups -OCH3 is 1. The second-order valence-corrected chi connectivity index (χ2v) is 6.63. The number of ether oxygens (including phenoxy) is 1. The van der Waals surface area contributed by atoms with Gasteiger partial charge in [-0.1, -0.05) is 30.3 Å². The largest absolute Gasteiger partial charge is 0.496 e. The molecule has 3 rings (SSSR count). The van der Waals surface area contributed by atoms with Gasteiger partial charge in [0.25, 0.3) is 0 Å². The van der Waals surface area contributed by atoms with E-state index in [4.69, 9.17) is 9.84 Å². The van der Waals surface area contributed by atoms with Crippen LogP contribution < -0.4 is 10.1 Å². The molecule has 0 saturated carbocycles. The fourth-order valence-electron chi connectivity index (χ4n) is 3.55. The van der Waals surface area contributed by atoms with Gasteiger partial charge in [-0.25, -0.2) is 4.79 Å². The predicted molar refractivity (Wildman–Crippen MR) is 102 cm³/mol. The minimum Gasteiger partial charge on any atom is -0.496 e. The number of nitrogens with one attached hydrogen (secondary N) is 1. The van der Waals surface area contributed by atoms with Gasteiger partial charge >= 0.3 is 5.97 Å². The molecule has 0 bridgehead atoms. The number of likely N-dealkylation sites (tertiary alicyclic amines) is 1. The van der Waals surface area contributed by atoms with Crippen LogP contribution in [0.2, 0.25) is 0 Å². The molecule has 0 radical (unpaired) electrons. The Morgan fingerprint density at radius 3 is 2.50 bits per heavy atom. The van der Waals surface area contributed by atoms with Crippen molar-refractivity contribution in [1.29, 1.82) is 0 Å². The third-order valence-corrected chi connectivity index (χ3v) is 4.95. The van der Waals surface area contributed by atoms with Gasteiger partial charge in [0, 0.05) is 18.7 Å². The van der Waals surface area contributed by atoms with Crippen molar-refractivity contribution in [2.75, 3.05) is 26.7 Å². The Kier molecular flexibility index (Phi) is 6.26. The fraction of sp³-hybridized carbons (Fsp3) is 0.381. The van der Waals surface area contributed by atoms with Gasteiger partial charge in [-0.05, 0) is 49.7 Å². The van der Waals surface area contributed by atoms with Crippen LogP contribution in [-0.2, 0) is 6.54 Å². The lowest BCUT2D eigenvalue weighted by Crippen LogP contribution is -2.34. The molecule has 5 nitrogen and oxygen atoms in total. The number of carboxylic acid groups (broad SMARTS) is 1. The summed E-state index contributed by atoms with van der Waals surface area (Å²) in [5.41, 5.74) is 2.61. The van der Waals surface area contributed by atoms with E-state index < -0.39 is 5.97 Å². The molecule has 1 atom stereocenters. The standard InChI is InChI=1S/C21H26N2O3/c1-26-20-7-3-2-6-18(20)19(23-12-4-5-13-23)15-22-14-16-8-10-17(11-9-16)21(24)25/h2-3,6-11,19,22H,4-5,12-15H2,1H3,(H,24,25). The monoisotopic (exact) mass is 354 g/mol. The Morgan fingerprint density at radius 2 is 1.85 bits per heavy atom. The fourth-order valence-corrected chi connectivity index (χ4v) is 3.55. The summed E-state index contributed by atoms with van der Waals surface area (Å²) < 4.78 is 5.58. The number of para-hydroxylation sites is 1. The molecule has 0 amide bonds. The summed E-state index contributed by atoms with van der Waals surface area (Å²) in [6, 6.07) is 15.5. The van der Waals surface area contributed by atoms with Crippen LogP contribution in [0.4, 0.5) is 0 Å². The zero-order valence-electron chi connectivity index (χ0n) is 15.1. The van der Waals surface area contributed by atoms with E-state index in [-0.39, 0.29) is 6.04 Å². The molecule has 0 aromatic heterocycles. The molecule has 1 fully saturated rings. The predicted octanol–water partition coefficient (Wildman–Crippen LogP) is 3.32. The summed E-state index contributed by atoms with van der Waals surface area (Å²) in [7, 11) is 1.72. The molecule has 1 unspecified atom stereocenters. The normalized spacial score (nSPS) is 15.7. The highest BCUT2D eigenvalue weighted by Gasteiger charge is 2.25. The Hall–Kier alpha value is -2.37. The van der Waals surface area contributed by atoms with E-state index in [0.717, 1.165) is 30.9 Å². The van der Waals surface area contributed by atoms with Crippen LogP contribution in [0, 0.1) is 0 Å². The van der Waals surface area contributed by atoms with Crippen LogP contribution in [-0.4, -0.2) is 42.7 Å². The van der Waals surface area contributed by atoms with Crippen molar-refractivity contribution < 1.29 is 14.6 Å². The van der Waals surface area contributed by atoms with Crippen molar-refractivity contribution in [3.05, 3.63) is 65.2 Å². The molecule has 1 aliphatic heterocycles. The summed E-state index contributed by atoms with van der Waals surface area (Å²) >= 11 is 0. The average molecular weight is 354 g/mol. The zero-order chi connectivity index (χ0) is 18.4. The van der Waals surface area contributed by atoms with Crippen molar-refractivity contribution >= 4 is 5.97 Å². The van der Waals surface area contributed by atoms with Gasteiger partial charge in [-0.15, -0.1) is 0 Å². The van der Waals surface area contributed by atoms with Crippen molar-refractivity contribution in [3.8, 4) is 5.75 Å². The molecule has 5 heteroatoms. The second-order valence-electron chi connectivity index (χ2n) is 6.63. The number of carboxylic acids is 1. The molecule has 1 saturated heterocycles. The van der Waals surface area contributed by atoms with Gasteiger partial charge in [0.1, 0.15) is 5.75 Å². The van der Waals surface area contributed by atoms with E-state index in [1.165, 1.54) is 18.4 Å². The molecule has 0 aliphatic carbocycles. The Balaban J connectivity index is 1.67. The third-order valence-electron chi connectivity index (χ3n) is 4.95. The summed E-state index contributed by atoms with van der Waals surface area (Å²) in [5.74, 6) is 0.0341. The molecule has 0 spiro atoms. The number of aromatic carboxylic acids is 1. The first-order valence-corrected chi connectivity index (χ1v) is 9.09. The van der Waals surface area contributed by atoms with E-state index in [2.05, 4.69) is 22.3 Å². The summed E-state index contributed by atoms with van der Waals surface area (Å²) in [6.07, 6.45) is 2.48.